The molecule has 3 nitrogen and oxygen atoms in total. The first-order valence-corrected chi connectivity index (χ1v) is 8.58. The monoisotopic (exact) mass is 290 g/mol. The van der Waals surface area contributed by atoms with Gasteiger partial charge in [-0.3, -0.25) is 4.79 Å². The number of nitrogens with zero attached hydrogens (tertiary/aromatic N) is 1. The van der Waals surface area contributed by atoms with E-state index in [-0.39, 0.29) is 5.56 Å². The van der Waals surface area contributed by atoms with Gasteiger partial charge in [0, 0.05) is 24.3 Å². The lowest BCUT2D eigenvalue weighted by Crippen LogP contribution is -2.33. The fourth-order valence-corrected chi connectivity index (χ4v) is 3.15. The molecule has 0 spiro atoms. The van der Waals surface area contributed by atoms with Crippen LogP contribution in [0.4, 0.5) is 0 Å². The number of nitrogens with one attached hydrogen (secondary N) is 1. The molecule has 1 N–H and O–H groups in total. The van der Waals surface area contributed by atoms with Crippen molar-refractivity contribution in [1.29, 1.82) is 0 Å². The summed E-state index contributed by atoms with van der Waals surface area (Å²) in [6, 6.07) is 2.17. The van der Waals surface area contributed by atoms with E-state index in [1.54, 1.807) is 0 Å². The van der Waals surface area contributed by atoms with Crippen LogP contribution in [0.1, 0.15) is 63.3 Å². The normalized spacial score (nSPS) is 14.5. The summed E-state index contributed by atoms with van der Waals surface area (Å²) >= 11 is 0. The van der Waals surface area contributed by atoms with Crippen molar-refractivity contribution in [2.45, 2.75) is 72.4 Å². The molecule has 0 bridgehead atoms. The molecule has 0 amide bonds. The summed E-state index contributed by atoms with van der Waals surface area (Å²) < 4.78 is 2.07. The summed E-state index contributed by atoms with van der Waals surface area (Å²) in [5.74, 6) is 0.511. The topological polar surface area (TPSA) is 34.0 Å². The molecule has 1 aromatic heterocycles. The van der Waals surface area contributed by atoms with Crippen molar-refractivity contribution in [3.63, 3.8) is 0 Å². The Bertz CT molecular complexity index is 517. The van der Waals surface area contributed by atoms with Gasteiger partial charge in [-0.1, -0.05) is 27.2 Å². The molecule has 1 heterocycles. The maximum atomic E-state index is 12.8. The SMILES string of the molecule is CCCCNCc1cc2c(n(CC(C)C)c1=O)CCCC2. The third kappa shape index (κ3) is 4.19. The van der Waals surface area contributed by atoms with Crippen LogP contribution in [0.25, 0.3) is 0 Å². The summed E-state index contributed by atoms with van der Waals surface area (Å²) in [6.45, 7) is 9.13. The molecule has 21 heavy (non-hydrogen) atoms. The highest BCUT2D eigenvalue weighted by molar-refractivity contribution is 5.29. The van der Waals surface area contributed by atoms with Gasteiger partial charge in [0.25, 0.3) is 5.56 Å². The quantitative estimate of drug-likeness (QED) is 0.782. The van der Waals surface area contributed by atoms with E-state index in [0.717, 1.165) is 31.5 Å². The fraction of sp³-hybridized carbons (Fsp3) is 0.722. The van der Waals surface area contributed by atoms with Crippen molar-refractivity contribution in [3.05, 3.63) is 33.2 Å². The van der Waals surface area contributed by atoms with Gasteiger partial charge in [0.15, 0.2) is 0 Å². The van der Waals surface area contributed by atoms with Crippen LogP contribution in [-0.2, 0) is 25.9 Å². The summed E-state index contributed by atoms with van der Waals surface area (Å²) in [7, 11) is 0. The maximum Gasteiger partial charge on any atom is 0.255 e. The Morgan fingerprint density at radius 2 is 2.05 bits per heavy atom. The molecule has 0 aliphatic heterocycles. The average molecular weight is 290 g/mol. The smallest absolute Gasteiger partial charge is 0.255 e. The Hall–Kier alpha value is -1.09. The molecule has 0 saturated carbocycles. The van der Waals surface area contributed by atoms with Crippen LogP contribution in [0.3, 0.4) is 0 Å². The molecule has 0 saturated heterocycles. The van der Waals surface area contributed by atoms with E-state index < -0.39 is 0 Å². The minimum Gasteiger partial charge on any atom is -0.312 e. The van der Waals surface area contributed by atoms with Crippen LogP contribution in [-0.4, -0.2) is 11.1 Å². The van der Waals surface area contributed by atoms with Gasteiger partial charge >= 0.3 is 0 Å². The Kier molecular flexibility index (Phi) is 6.04. The first kappa shape index (κ1) is 16.3. The Morgan fingerprint density at radius 3 is 2.76 bits per heavy atom. The number of aromatic nitrogens is 1. The Balaban J connectivity index is 2.26. The number of rotatable bonds is 7. The van der Waals surface area contributed by atoms with Crippen LogP contribution in [0.5, 0.6) is 0 Å². The zero-order valence-electron chi connectivity index (χ0n) is 13.9. The van der Waals surface area contributed by atoms with E-state index in [2.05, 4.69) is 36.7 Å². The van der Waals surface area contributed by atoms with Gasteiger partial charge in [-0.15, -0.1) is 0 Å². The lowest BCUT2D eigenvalue weighted by Gasteiger charge is -2.23. The molecular weight excluding hydrogens is 260 g/mol. The zero-order valence-corrected chi connectivity index (χ0v) is 13.9. The number of aryl methyl sites for hydroxylation is 1. The van der Waals surface area contributed by atoms with Crippen LogP contribution in [0.2, 0.25) is 0 Å². The van der Waals surface area contributed by atoms with E-state index in [0.29, 0.717) is 12.5 Å². The summed E-state index contributed by atoms with van der Waals surface area (Å²) in [4.78, 5) is 12.8. The maximum absolute atomic E-state index is 12.8. The highest BCUT2D eigenvalue weighted by Crippen LogP contribution is 2.21. The lowest BCUT2D eigenvalue weighted by atomic mass is 9.94. The summed E-state index contributed by atoms with van der Waals surface area (Å²) in [5, 5.41) is 3.42. The van der Waals surface area contributed by atoms with Gasteiger partial charge in [0.2, 0.25) is 0 Å². The number of hydrogen-bond acceptors (Lipinski definition) is 2. The van der Waals surface area contributed by atoms with Crippen molar-refractivity contribution >= 4 is 0 Å². The molecular formula is C18H30N2O. The largest absolute Gasteiger partial charge is 0.312 e. The molecule has 0 fully saturated rings. The van der Waals surface area contributed by atoms with Crippen molar-refractivity contribution in [2.75, 3.05) is 6.54 Å². The molecule has 2 rings (SSSR count). The third-order valence-corrected chi connectivity index (χ3v) is 4.24. The van der Waals surface area contributed by atoms with E-state index in [9.17, 15) is 4.79 Å². The van der Waals surface area contributed by atoms with Crippen LogP contribution < -0.4 is 10.9 Å². The number of fused-ring (bicyclic) bond motifs is 1. The van der Waals surface area contributed by atoms with E-state index in [4.69, 9.17) is 0 Å². The minimum atomic E-state index is 0.230. The van der Waals surface area contributed by atoms with Gasteiger partial charge in [-0.05, 0) is 56.2 Å². The zero-order chi connectivity index (χ0) is 15.2. The van der Waals surface area contributed by atoms with Crippen molar-refractivity contribution in [3.8, 4) is 0 Å². The van der Waals surface area contributed by atoms with Crippen molar-refractivity contribution < 1.29 is 0 Å². The molecule has 0 aromatic carbocycles. The molecule has 3 heteroatoms. The fourth-order valence-electron chi connectivity index (χ4n) is 3.15. The van der Waals surface area contributed by atoms with E-state index in [1.165, 1.54) is 36.9 Å². The van der Waals surface area contributed by atoms with Crippen LogP contribution in [0.15, 0.2) is 10.9 Å². The Morgan fingerprint density at radius 1 is 1.29 bits per heavy atom. The number of unbranched alkanes of at least 4 members (excludes halogenated alkanes) is 1. The minimum absolute atomic E-state index is 0.230. The molecule has 1 aromatic rings. The van der Waals surface area contributed by atoms with Gasteiger partial charge in [-0.2, -0.15) is 0 Å². The van der Waals surface area contributed by atoms with Crippen LogP contribution >= 0.6 is 0 Å². The molecule has 0 unspecified atom stereocenters. The molecule has 0 radical (unpaired) electrons. The van der Waals surface area contributed by atoms with Gasteiger partial charge in [0.05, 0.1) is 0 Å². The summed E-state index contributed by atoms with van der Waals surface area (Å²) in [5.41, 5.74) is 3.90. The van der Waals surface area contributed by atoms with Gasteiger partial charge in [-0.25, -0.2) is 0 Å². The first-order chi connectivity index (χ1) is 10.1. The third-order valence-electron chi connectivity index (χ3n) is 4.24. The first-order valence-electron chi connectivity index (χ1n) is 8.58. The lowest BCUT2D eigenvalue weighted by molar-refractivity contribution is 0.475. The van der Waals surface area contributed by atoms with Gasteiger partial charge in [0.1, 0.15) is 0 Å². The average Bonchev–Trinajstić information content (AvgIpc) is 2.47. The van der Waals surface area contributed by atoms with Crippen molar-refractivity contribution in [2.24, 2.45) is 5.92 Å². The standard InChI is InChI=1S/C18H30N2O/c1-4-5-10-19-12-16-11-15-8-6-7-9-17(15)20(18(16)21)13-14(2)3/h11,14,19H,4-10,12-13H2,1-3H3. The molecule has 1 aliphatic rings. The highest BCUT2D eigenvalue weighted by atomic mass is 16.1. The molecule has 1 aliphatic carbocycles. The predicted molar refractivity (Wildman–Crippen MR) is 88.8 cm³/mol. The highest BCUT2D eigenvalue weighted by Gasteiger charge is 2.18. The second-order valence-electron chi connectivity index (χ2n) is 6.69. The van der Waals surface area contributed by atoms with E-state index in [1.807, 2.05) is 0 Å². The second-order valence-corrected chi connectivity index (χ2v) is 6.69. The molecule has 0 atom stereocenters. The van der Waals surface area contributed by atoms with Crippen molar-refractivity contribution in [1.82, 2.24) is 9.88 Å². The second kappa shape index (κ2) is 7.79. The number of hydrogen-bond donors (Lipinski definition) is 1. The van der Waals surface area contributed by atoms with Gasteiger partial charge < -0.3 is 9.88 Å². The Labute approximate surface area is 128 Å². The van der Waals surface area contributed by atoms with E-state index >= 15 is 0 Å². The van der Waals surface area contributed by atoms with Crippen LogP contribution in [0, 0.1) is 5.92 Å². The molecule has 118 valence electrons. The number of pyridine rings is 1. The predicted octanol–water partition coefficient (Wildman–Crippen LogP) is 3.27. The summed E-state index contributed by atoms with van der Waals surface area (Å²) in [6.07, 6.45) is 7.05.